The molecular weight excluding hydrogens is 360 g/mol. The minimum Gasteiger partial charge on any atom is -0.466 e. The number of hydrogen-bond donors (Lipinski definition) is 0. The van der Waals surface area contributed by atoms with Crippen molar-refractivity contribution < 1.29 is 9.53 Å². The van der Waals surface area contributed by atoms with Crippen LogP contribution in [-0.4, -0.2) is 20.7 Å². The topological polar surface area (TPSA) is 26.3 Å². The monoisotopic (exact) mass is 394 g/mol. The van der Waals surface area contributed by atoms with Crippen LogP contribution in [0.5, 0.6) is 0 Å². The Morgan fingerprint density at radius 1 is 1.00 bits per heavy atom. The van der Waals surface area contributed by atoms with Crippen molar-refractivity contribution in [2.24, 2.45) is 0 Å². The number of benzene rings is 2. The molecule has 0 unspecified atom stereocenters. The number of rotatable bonds is 6. The van der Waals surface area contributed by atoms with Crippen LogP contribution in [0.3, 0.4) is 0 Å². The van der Waals surface area contributed by atoms with Crippen LogP contribution in [0.4, 0.5) is 0 Å². The molecule has 0 bridgehead atoms. The van der Waals surface area contributed by atoms with Crippen molar-refractivity contribution in [3.63, 3.8) is 0 Å². The summed E-state index contributed by atoms with van der Waals surface area (Å²) in [7, 11) is -1.76. The Kier molecular flexibility index (Phi) is 7.49. The van der Waals surface area contributed by atoms with Crippen LogP contribution in [0, 0.1) is 11.5 Å². The molecule has 28 heavy (non-hydrogen) atoms. The van der Waals surface area contributed by atoms with Gasteiger partial charge in [0, 0.05) is 5.56 Å². The van der Waals surface area contributed by atoms with Crippen molar-refractivity contribution in [2.75, 3.05) is 6.61 Å². The highest BCUT2D eigenvalue weighted by Crippen LogP contribution is 2.40. The van der Waals surface area contributed by atoms with Gasteiger partial charge in [-0.3, -0.25) is 4.79 Å². The molecule has 0 heterocycles. The van der Waals surface area contributed by atoms with E-state index in [1.54, 1.807) is 0 Å². The molecule has 0 aliphatic carbocycles. The second-order valence-electron chi connectivity index (χ2n) is 8.49. The van der Waals surface area contributed by atoms with Crippen LogP contribution in [0.15, 0.2) is 36.4 Å². The summed E-state index contributed by atoms with van der Waals surface area (Å²) in [6.45, 7) is 16.3. The van der Waals surface area contributed by atoms with E-state index >= 15 is 0 Å². The van der Waals surface area contributed by atoms with Crippen molar-refractivity contribution in [1.82, 2.24) is 0 Å². The van der Waals surface area contributed by atoms with Crippen LogP contribution in [0.2, 0.25) is 16.6 Å². The third kappa shape index (κ3) is 4.67. The Morgan fingerprint density at radius 2 is 1.64 bits per heavy atom. The summed E-state index contributed by atoms with van der Waals surface area (Å²) < 4.78 is 5.07. The largest absolute Gasteiger partial charge is 0.466 e. The molecule has 0 amide bonds. The normalized spacial score (nSPS) is 11.8. The van der Waals surface area contributed by atoms with Gasteiger partial charge in [-0.25, -0.2) is 0 Å². The minimum absolute atomic E-state index is 0.181. The van der Waals surface area contributed by atoms with E-state index in [1.165, 1.54) is 0 Å². The maximum absolute atomic E-state index is 11.8. The molecule has 0 fully saturated rings. The first-order chi connectivity index (χ1) is 13.2. The molecule has 2 rings (SSSR count). The van der Waals surface area contributed by atoms with Crippen LogP contribution in [0.1, 0.15) is 59.6 Å². The second-order valence-corrected chi connectivity index (χ2v) is 14.1. The molecule has 2 aromatic carbocycles. The molecule has 0 atom stereocenters. The van der Waals surface area contributed by atoms with E-state index in [0.717, 1.165) is 21.9 Å². The lowest BCUT2D eigenvalue weighted by Crippen LogP contribution is -2.43. The summed E-state index contributed by atoms with van der Waals surface area (Å²) in [6, 6.07) is 12.5. The maximum atomic E-state index is 11.8. The number of carbonyl (C=O) groups excluding carboxylic acids is 1. The fourth-order valence-corrected chi connectivity index (χ4v) is 9.76. The second kappa shape index (κ2) is 9.43. The van der Waals surface area contributed by atoms with Crippen LogP contribution >= 0.6 is 0 Å². The number of hydrogen-bond acceptors (Lipinski definition) is 2. The molecule has 0 spiro atoms. The Morgan fingerprint density at radius 3 is 2.21 bits per heavy atom. The molecule has 0 saturated carbocycles. The number of fused-ring (bicyclic) bond motifs is 1. The molecule has 2 aromatic rings. The maximum Gasteiger partial charge on any atom is 0.310 e. The zero-order chi connectivity index (χ0) is 20.9. The number of carbonyl (C=O) groups is 1. The van der Waals surface area contributed by atoms with E-state index in [1.807, 2.05) is 13.0 Å². The van der Waals surface area contributed by atoms with Crippen LogP contribution in [0.25, 0.3) is 10.8 Å². The van der Waals surface area contributed by atoms with Crippen LogP contribution in [-0.2, 0) is 16.0 Å². The highest BCUT2D eigenvalue weighted by Gasteiger charge is 2.41. The van der Waals surface area contributed by atoms with Crippen molar-refractivity contribution in [3.8, 4) is 11.5 Å². The Labute approximate surface area is 171 Å². The Hall–Kier alpha value is -2.05. The van der Waals surface area contributed by atoms with E-state index < -0.39 is 8.07 Å². The quantitative estimate of drug-likeness (QED) is 0.317. The number of ether oxygens (including phenoxy) is 1. The van der Waals surface area contributed by atoms with Gasteiger partial charge in [0.2, 0.25) is 0 Å². The smallest absolute Gasteiger partial charge is 0.310 e. The van der Waals surface area contributed by atoms with Gasteiger partial charge in [0.05, 0.1) is 13.0 Å². The van der Waals surface area contributed by atoms with Crippen LogP contribution < -0.4 is 0 Å². The van der Waals surface area contributed by atoms with Gasteiger partial charge in [-0.2, -0.15) is 0 Å². The van der Waals surface area contributed by atoms with E-state index in [0.29, 0.717) is 29.7 Å². The van der Waals surface area contributed by atoms with Gasteiger partial charge in [-0.1, -0.05) is 77.8 Å². The average Bonchev–Trinajstić information content (AvgIpc) is 2.61. The molecule has 0 N–H and O–H groups in total. The lowest BCUT2D eigenvalue weighted by molar-refractivity contribution is -0.142. The molecule has 0 aromatic heterocycles. The van der Waals surface area contributed by atoms with E-state index in [4.69, 9.17) is 4.74 Å². The van der Waals surface area contributed by atoms with E-state index in [9.17, 15) is 4.79 Å². The van der Waals surface area contributed by atoms with E-state index in [-0.39, 0.29) is 5.97 Å². The lowest BCUT2D eigenvalue weighted by atomic mass is 10.0. The summed E-state index contributed by atoms with van der Waals surface area (Å²) in [5, 5.41) is 2.28. The lowest BCUT2D eigenvalue weighted by Gasteiger charge is -2.38. The summed E-state index contributed by atoms with van der Waals surface area (Å²) >= 11 is 0. The fraction of sp³-hybridized carbons (Fsp3) is 0.480. The van der Waals surface area contributed by atoms with Crippen molar-refractivity contribution in [2.45, 2.75) is 71.5 Å². The van der Waals surface area contributed by atoms with Gasteiger partial charge >= 0.3 is 5.97 Å². The molecule has 0 aliphatic heterocycles. The summed E-state index contributed by atoms with van der Waals surface area (Å²) in [5.41, 5.74) is 7.73. The fourth-order valence-electron chi connectivity index (χ4n) is 4.54. The van der Waals surface area contributed by atoms with Gasteiger partial charge in [-0.15, -0.1) is 5.54 Å². The summed E-state index contributed by atoms with van der Waals surface area (Å²) in [4.78, 5) is 11.8. The standard InChI is InChI=1S/C25H34O2Si/c1-8-27-25(26)17-21-12-13-24-22(10-9-11-23(24)16-21)14-15-28(18(2)3,19(4)5)20(6)7/h9-13,16,18-20H,8,17H2,1-7H3. The first kappa shape index (κ1) is 22.2. The Balaban J connectivity index is 2.46. The highest BCUT2D eigenvalue weighted by atomic mass is 28.3. The number of esters is 1. The molecule has 2 nitrogen and oxygen atoms in total. The highest BCUT2D eigenvalue weighted by molar-refractivity contribution is 6.90. The average molecular weight is 395 g/mol. The predicted molar refractivity (Wildman–Crippen MR) is 122 cm³/mol. The van der Waals surface area contributed by atoms with Crippen molar-refractivity contribution in [1.29, 1.82) is 0 Å². The molecule has 0 saturated heterocycles. The minimum atomic E-state index is -1.76. The summed E-state index contributed by atoms with van der Waals surface area (Å²) in [5.74, 6) is 3.39. The zero-order valence-electron chi connectivity index (χ0n) is 18.4. The van der Waals surface area contributed by atoms with Crippen molar-refractivity contribution in [3.05, 3.63) is 47.5 Å². The van der Waals surface area contributed by atoms with Gasteiger partial charge in [0.15, 0.2) is 0 Å². The molecule has 150 valence electrons. The third-order valence-corrected chi connectivity index (χ3v) is 12.2. The van der Waals surface area contributed by atoms with E-state index in [2.05, 4.69) is 83.3 Å². The van der Waals surface area contributed by atoms with Gasteiger partial charge < -0.3 is 4.74 Å². The third-order valence-electron chi connectivity index (χ3n) is 5.88. The summed E-state index contributed by atoms with van der Waals surface area (Å²) in [6.07, 6.45) is 0.309. The van der Waals surface area contributed by atoms with Gasteiger partial charge in [0.25, 0.3) is 0 Å². The molecular formula is C25H34O2Si. The Bertz CT molecular complexity index is 863. The van der Waals surface area contributed by atoms with Gasteiger partial charge in [-0.05, 0) is 45.9 Å². The zero-order valence-corrected chi connectivity index (χ0v) is 19.4. The predicted octanol–water partition coefficient (Wildman–Crippen LogP) is 6.51. The molecule has 3 heteroatoms. The van der Waals surface area contributed by atoms with Crippen molar-refractivity contribution >= 4 is 24.8 Å². The SMILES string of the molecule is CCOC(=O)Cc1ccc2c(C#C[Si](C(C)C)(C(C)C)C(C)C)cccc2c1. The first-order valence-corrected chi connectivity index (χ1v) is 12.7. The molecule has 0 radical (unpaired) electrons. The van der Waals surface area contributed by atoms with Gasteiger partial charge in [0.1, 0.15) is 8.07 Å². The first-order valence-electron chi connectivity index (χ1n) is 10.4. The molecule has 0 aliphatic rings.